The molecule has 0 amide bonds. The summed E-state index contributed by atoms with van der Waals surface area (Å²) in [6.07, 6.45) is 2.05. The molecule has 25 heavy (non-hydrogen) atoms. The molecule has 0 aliphatic rings. The molecule has 0 atom stereocenters. The average Bonchev–Trinajstić information content (AvgIpc) is 3.08. The molecule has 2 aromatic carbocycles. The normalized spacial score (nSPS) is 10.9. The van der Waals surface area contributed by atoms with Crippen LogP contribution in [0.2, 0.25) is 0 Å². The van der Waals surface area contributed by atoms with Crippen LogP contribution in [0, 0.1) is 10.1 Å². The van der Waals surface area contributed by atoms with Crippen molar-refractivity contribution in [1.82, 2.24) is 20.2 Å². The molecule has 3 rings (SSSR count). The lowest BCUT2D eigenvalue weighted by Gasteiger charge is -2.03. The van der Waals surface area contributed by atoms with Crippen molar-refractivity contribution in [2.75, 3.05) is 5.43 Å². The Morgan fingerprint density at radius 3 is 2.60 bits per heavy atom. The smallest absolute Gasteiger partial charge is 0.269 e. The predicted molar refractivity (Wildman–Crippen MR) is 95.8 cm³/mol. The highest BCUT2D eigenvalue weighted by atomic mass is 79.9. The first kappa shape index (κ1) is 16.7. The van der Waals surface area contributed by atoms with Gasteiger partial charge < -0.3 is 0 Å². The van der Waals surface area contributed by atoms with Gasteiger partial charge in [-0.25, -0.2) is 0 Å². The van der Waals surface area contributed by atoms with Crippen LogP contribution < -0.4 is 5.43 Å². The molecule has 0 unspecified atom stereocenters. The molecule has 126 valence electrons. The summed E-state index contributed by atoms with van der Waals surface area (Å²) in [5.41, 5.74) is 4.33. The first-order chi connectivity index (χ1) is 12.1. The first-order valence-corrected chi connectivity index (χ1v) is 7.98. The van der Waals surface area contributed by atoms with Crippen molar-refractivity contribution in [3.63, 3.8) is 0 Å². The summed E-state index contributed by atoms with van der Waals surface area (Å²) >= 11 is 3.39. The minimum absolute atomic E-state index is 0.0307. The van der Waals surface area contributed by atoms with Crippen molar-refractivity contribution >= 4 is 33.5 Å². The first-order valence-electron chi connectivity index (χ1n) is 7.18. The topological polar surface area (TPSA) is 111 Å². The Hall–Kier alpha value is -3.14. The maximum Gasteiger partial charge on any atom is 0.269 e. The third-order valence-electron chi connectivity index (χ3n) is 3.24. The van der Waals surface area contributed by atoms with Gasteiger partial charge in [0.05, 0.1) is 16.3 Å². The molecule has 9 nitrogen and oxygen atoms in total. The van der Waals surface area contributed by atoms with Crippen LogP contribution in [0.4, 0.5) is 11.4 Å². The Morgan fingerprint density at radius 2 is 1.92 bits per heavy atom. The third kappa shape index (κ3) is 4.23. The monoisotopic (exact) mass is 401 g/mol. The summed E-state index contributed by atoms with van der Waals surface area (Å²) in [5, 5.41) is 26.3. The van der Waals surface area contributed by atoms with Crippen LogP contribution >= 0.6 is 15.9 Å². The van der Waals surface area contributed by atoms with Gasteiger partial charge in [0.15, 0.2) is 5.82 Å². The lowest BCUT2D eigenvalue weighted by molar-refractivity contribution is -0.384. The Kier molecular flexibility index (Phi) is 5.09. The van der Waals surface area contributed by atoms with Gasteiger partial charge in [-0.15, -0.1) is 5.10 Å². The molecule has 0 saturated carbocycles. The number of hydrogen-bond acceptors (Lipinski definition) is 7. The van der Waals surface area contributed by atoms with Gasteiger partial charge in [-0.3, -0.25) is 15.5 Å². The fourth-order valence-corrected chi connectivity index (χ4v) is 2.29. The van der Waals surface area contributed by atoms with Crippen molar-refractivity contribution in [2.45, 2.75) is 6.42 Å². The van der Waals surface area contributed by atoms with Crippen LogP contribution in [0.1, 0.15) is 5.82 Å². The number of anilines is 1. The van der Waals surface area contributed by atoms with E-state index in [2.05, 4.69) is 42.0 Å². The number of rotatable bonds is 6. The summed E-state index contributed by atoms with van der Waals surface area (Å²) in [4.78, 5) is 10.2. The molecular formula is C15H12BrN7O2. The Bertz CT molecular complexity index is 891. The summed E-state index contributed by atoms with van der Waals surface area (Å²) in [6, 6.07) is 13.6. The molecule has 3 aromatic rings. The SMILES string of the molecule is O=[N+]([O-])c1ccc(NN=CCc2nnnn2-c2ccc(Br)cc2)cc1. The van der Waals surface area contributed by atoms with E-state index in [0.29, 0.717) is 17.9 Å². The molecule has 0 fully saturated rings. The zero-order valence-electron chi connectivity index (χ0n) is 12.8. The van der Waals surface area contributed by atoms with E-state index >= 15 is 0 Å². The Labute approximate surface area is 150 Å². The standard InChI is InChI=1S/C15H12BrN7O2/c16-11-1-5-13(6-2-11)22-15(19-20-21-22)9-10-17-18-12-3-7-14(8-4-12)23(24)25/h1-8,10,18H,9H2. The third-order valence-corrected chi connectivity index (χ3v) is 3.77. The van der Waals surface area contributed by atoms with Crippen LogP contribution in [0.5, 0.6) is 0 Å². The maximum absolute atomic E-state index is 10.6. The minimum atomic E-state index is -0.449. The fraction of sp³-hybridized carbons (Fsp3) is 0.0667. The summed E-state index contributed by atoms with van der Waals surface area (Å²) < 4.78 is 2.60. The number of halogens is 1. The average molecular weight is 402 g/mol. The number of nitro groups is 1. The highest BCUT2D eigenvalue weighted by Crippen LogP contribution is 2.15. The van der Waals surface area contributed by atoms with Gasteiger partial charge in [-0.2, -0.15) is 9.78 Å². The Morgan fingerprint density at radius 1 is 1.20 bits per heavy atom. The molecule has 10 heteroatoms. The second-order valence-electron chi connectivity index (χ2n) is 4.91. The number of hydrogen-bond donors (Lipinski definition) is 1. The highest BCUT2D eigenvalue weighted by Gasteiger charge is 2.07. The second-order valence-corrected chi connectivity index (χ2v) is 5.83. The van der Waals surface area contributed by atoms with Gasteiger partial charge in [0.2, 0.25) is 0 Å². The number of nitrogens with one attached hydrogen (secondary N) is 1. The molecule has 1 heterocycles. The maximum atomic E-state index is 10.6. The number of nitrogens with zero attached hydrogens (tertiary/aromatic N) is 6. The van der Waals surface area contributed by atoms with Gasteiger partial charge in [0.25, 0.3) is 5.69 Å². The summed E-state index contributed by atoms with van der Waals surface area (Å²) in [7, 11) is 0. The molecule has 0 bridgehead atoms. The van der Waals surface area contributed by atoms with Gasteiger partial charge in [0, 0.05) is 29.2 Å². The molecule has 1 aromatic heterocycles. The molecule has 0 aliphatic carbocycles. The van der Waals surface area contributed by atoms with Crippen molar-refractivity contribution in [2.24, 2.45) is 5.10 Å². The molecule has 0 spiro atoms. The van der Waals surface area contributed by atoms with E-state index in [1.54, 1.807) is 23.0 Å². The number of non-ortho nitro benzene ring substituents is 1. The zero-order valence-corrected chi connectivity index (χ0v) is 14.4. The van der Waals surface area contributed by atoms with Crippen molar-refractivity contribution < 1.29 is 4.92 Å². The number of hydrazone groups is 1. The van der Waals surface area contributed by atoms with Crippen LogP contribution in [0.15, 0.2) is 58.1 Å². The highest BCUT2D eigenvalue weighted by molar-refractivity contribution is 9.10. The van der Waals surface area contributed by atoms with Crippen molar-refractivity contribution in [3.8, 4) is 5.69 Å². The van der Waals surface area contributed by atoms with Crippen molar-refractivity contribution in [3.05, 3.63) is 68.9 Å². The quantitative estimate of drug-likeness (QED) is 0.386. The largest absolute Gasteiger partial charge is 0.279 e. The lowest BCUT2D eigenvalue weighted by Crippen LogP contribution is -2.04. The lowest BCUT2D eigenvalue weighted by atomic mass is 10.3. The molecule has 1 N–H and O–H groups in total. The van der Waals surface area contributed by atoms with E-state index in [4.69, 9.17) is 0 Å². The number of benzene rings is 2. The van der Waals surface area contributed by atoms with Gasteiger partial charge in [0.1, 0.15) is 0 Å². The summed E-state index contributed by atoms with van der Waals surface area (Å²) in [6.45, 7) is 0. The summed E-state index contributed by atoms with van der Waals surface area (Å²) in [5.74, 6) is 0.636. The van der Waals surface area contributed by atoms with Gasteiger partial charge in [-0.05, 0) is 46.8 Å². The van der Waals surface area contributed by atoms with E-state index in [1.807, 2.05) is 24.3 Å². The Balaban J connectivity index is 1.62. The number of aromatic nitrogens is 4. The molecule has 0 saturated heterocycles. The van der Waals surface area contributed by atoms with E-state index in [-0.39, 0.29) is 5.69 Å². The minimum Gasteiger partial charge on any atom is -0.279 e. The van der Waals surface area contributed by atoms with Crippen LogP contribution in [-0.4, -0.2) is 31.3 Å². The van der Waals surface area contributed by atoms with Crippen LogP contribution in [0.3, 0.4) is 0 Å². The van der Waals surface area contributed by atoms with Crippen LogP contribution in [0.25, 0.3) is 5.69 Å². The predicted octanol–water partition coefficient (Wildman–Crippen LogP) is 2.97. The molecule has 0 radical (unpaired) electrons. The van der Waals surface area contributed by atoms with Crippen molar-refractivity contribution in [1.29, 1.82) is 0 Å². The van der Waals surface area contributed by atoms with Gasteiger partial charge in [-0.1, -0.05) is 15.9 Å². The van der Waals surface area contributed by atoms with Crippen LogP contribution in [-0.2, 0) is 6.42 Å². The number of tetrazole rings is 1. The molecular weight excluding hydrogens is 390 g/mol. The zero-order chi connectivity index (χ0) is 17.6. The second kappa shape index (κ2) is 7.62. The fourth-order valence-electron chi connectivity index (χ4n) is 2.02. The molecule has 0 aliphatic heterocycles. The van der Waals surface area contributed by atoms with Gasteiger partial charge >= 0.3 is 0 Å². The van der Waals surface area contributed by atoms with E-state index in [1.165, 1.54) is 12.1 Å². The number of nitro benzene ring substituents is 1. The van der Waals surface area contributed by atoms with E-state index in [9.17, 15) is 10.1 Å². The van der Waals surface area contributed by atoms with E-state index in [0.717, 1.165) is 10.2 Å². The van der Waals surface area contributed by atoms with E-state index < -0.39 is 4.92 Å².